The normalized spacial score (nSPS) is 14.0. The fraction of sp³-hybridized carbons (Fsp3) is 0.714. The van der Waals surface area contributed by atoms with Gasteiger partial charge in [0, 0.05) is 0 Å². The van der Waals surface area contributed by atoms with E-state index in [2.05, 4.69) is 20.8 Å². The molecule has 0 spiro atoms. The number of hydrogen-bond acceptors (Lipinski definition) is 0. The van der Waals surface area contributed by atoms with Crippen LogP contribution in [-0.4, -0.2) is 0 Å². The van der Waals surface area contributed by atoms with Crippen molar-refractivity contribution < 1.29 is 8.78 Å². The summed E-state index contributed by atoms with van der Waals surface area (Å²) >= 11 is 0. The molecular formula is C21H34F2. The van der Waals surface area contributed by atoms with Crippen molar-refractivity contribution in [3.63, 3.8) is 0 Å². The van der Waals surface area contributed by atoms with Gasteiger partial charge in [-0.25, -0.2) is 8.78 Å². The average molecular weight is 324 g/mol. The molecule has 0 heterocycles. The molecule has 2 heteroatoms. The number of aryl methyl sites for hydroxylation is 1. The SMILES string of the molecule is CCCC(C)CCCC(CCC)CCCc1cccc(F)c1F. The third kappa shape index (κ3) is 7.94. The molecule has 0 aliphatic carbocycles. The minimum absolute atomic E-state index is 0.525. The van der Waals surface area contributed by atoms with E-state index in [1.807, 2.05) is 0 Å². The maximum absolute atomic E-state index is 13.7. The first-order valence-electron chi connectivity index (χ1n) is 9.51. The first kappa shape index (κ1) is 20.1. The summed E-state index contributed by atoms with van der Waals surface area (Å²) in [7, 11) is 0. The van der Waals surface area contributed by atoms with Crippen molar-refractivity contribution in [1.82, 2.24) is 0 Å². The third-order valence-electron chi connectivity index (χ3n) is 4.88. The summed E-state index contributed by atoms with van der Waals surface area (Å²) in [6, 6.07) is 4.50. The minimum atomic E-state index is -0.725. The van der Waals surface area contributed by atoms with E-state index >= 15 is 0 Å². The van der Waals surface area contributed by atoms with E-state index in [0.717, 1.165) is 24.7 Å². The molecule has 0 saturated heterocycles. The van der Waals surface area contributed by atoms with Gasteiger partial charge in [0.15, 0.2) is 11.6 Å². The van der Waals surface area contributed by atoms with Crippen LogP contribution in [0.3, 0.4) is 0 Å². The summed E-state index contributed by atoms with van der Waals surface area (Å²) in [6.45, 7) is 6.84. The Balaban J connectivity index is 2.33. The zero-order chi connectivity index (χ0) is 17.1. The van der Waals surface area contributed by atoms with Crippen LogP contribution in [0.2, 0.25) is 0 Å². The topological polar surface area (TPSA) is 0 Å². The Morgan fingerprint density at radius 2 is 1.57 bits per heavy atom. The van der Waals surface area contributed by atoms with E-state index < -0.39 is 11.6 Å². The van der Waals surface area contributed by atoms with Crippen molar-refractivity contribution in [3.05, 3.63) is 35.4 Å². The second-order valence-corrected chi connectivity index (χ2v) is 7.08. The molecular weight excluding hydrogens is 290 g/mol. The molecule has 0 aliphatic rings. The van der Waals surface area contributed by atoms with E-state index in [9.17, 15) is 8.78 Å². The summed E-state index contributed by atoms with van der Waals surface area (Å²) in [5.41, 5.74) is 0.525. The molecule has 0 bridgehead atoms. The first-order valence-corrected chi connectivity index (χ1v) is 9.51. The highest BCUT2D eigenvalue weighted by Gasteiger charge is 2.11. The third-order valence-corrected chi connectivity index (χ3v) is 4.88. The molecule has 1 rings (SSSR count). The molecule has 0 saturated carbocycles. The molecule has 0 amide bonds. The monoisotopic (exact) mass is 324 g/mol. The van der Waals surface area contributed by atoms with Crippen LogP contribution in [0.15, 0.2) is 18.2 Å². The van der Waals surface area contributed by atoms with Crippen molar-refractivity contribution in [2.45, 2.75) is 85.0 Å². The fourth-order valence-electron chi connectivity index (χ4n) is 3.56. The van der Waals surface area contributed by atoms with Gasteiger partial charge in [-0.3, -0.25) is 0 Å². The van der Waals surface area contributed by atoms with Crippen molar-refractivity contribution in [2.24, 2.45) is 11.8 Å². The van der Waals surface area contributed by atoms with Gasteiger partial charge in [0.05, 0.1) is 0 Å². The summed E-state index contributed by atoms with van der Waals surface area (Å²) < 4.78 is 26.9. The van der Waals surface area contributed by atoms with Gasteiger partial charge in [0.1, 0.15) is 0 Å². The van der Waals surface area contributed by atoms with Crippen molar-refractivity contribution >= 4 is 0 Å². The highest BCUT2D eigenvalue weighted by Crippen LogP contribution is 2.24. The van der Waals surface area contributed by atoms with Crippen molar-refractivity contribution in [3.8, 4) is 0 Å². The van der Waals surface area contributed by atoms with Gasteiger partial charge in [-0.05, 0) is 36.3 Å². The van der Waals surface area contributed by atoms with Crippen LogP contribution in [0.1, 0.15) is 84.1 Å². The molecule has 0 aromatic heterocycles. The lowest BCUT2D eigenvalue weighted by atomic mass is 9.89. The van der Waals surface area contributed by atoms with Gasteiger partial charge >= 0.3 is 0 Å². The minimum Gasteiger partial charge on any atom is -0.204 e. The lowest BCUT2D eigenvalue weighted by molar-refractivity contribution is 0.363. The van der Waals surface area contributed by atoms with Crippen LogP contribution in [0.25, 0.3) is 0 Å². The van der Waals surface area contributed by atoms with E-state index in [4.69, 9.17) is 0 Å². The lowest BCUT2D eigenvalue weighted by Crippen LogP contribution is -2.04. The number of rotatable bonds is 12. The van der Waals surface area contributed by atoms with Crippen LogP contribution >= 0.6 is 0 Å². The van der Waals surface area contributed by atoms with Crippen LogP contribution in [0, 0.1) is 23.5 Å². The zero-order valence-corrected chi connectivity index (χ0v) is 15.2. The summed E-state index contributed by atoms with van der Waals surface area (Å²) in [4.78, 5) is 0. The van der Waals surface area contributed by atoms with Gasteiger partial charge in [-0.15, -0.1) is 0 Å². The second-order valence-electron chi connectivity index (χ2n) is 7.08. The number of hydrogen-bond donors (Lipinski definition) is 0. The van der Waals surface area contributed by atoms with Gasteiger partial charge in [0.25, 0.3) is 0 Å². The predicted molar refractivity (Wildman–Crippen MR) is 95.6 cm³/mol. The van der Waals surface area contributed by atoms with Gasteiger partial charge in [-0.2, -0.15) is 0 Å². The van der Waals surface area contributed by atoms with E-state index in [1.54, 1.807) is 12.1 Å². The van der Waals surface area contributed by atoms with E-state index in [0.29, 0.717) is 12.0 Å². The van der Waals surface area contributed by atoms with Crippen LogP contribution in [-0.2, 0) is 6.42 Å². The Morgan fingerprint density at radius 3 is 2.26 bits per heavy atom. The van der Waals surface area contributed by atoms with Crippen LogP contribution < -0.4 is 0 Å². The predicted octanol–water partition coefficient (Wildman–Crippen LogP) is 7.31. The number of halogens is 2. The molecule has 0 N–H and O–H groups in total. The molecule has 0 fully saturated rings. The van der Waals surface area contributed by atoms with Crippen LogP contribution in [0.5, 0.6) is 0 Å². The molecule has 0 aliphatic heterocycles. The largest absolute Gasteiger partial charge is 0.204 e. The highest BCUT2D eigenvalue weighted by molar-refractivity contribution is 5.18. The number of benzene rings is 1. The molecule has 1 aromatic carbocycles. The Kier molecular flexibility index (Phi) is 10.1. The maximum atomic E-state index is 13.7. The van der Waals surface area contributed by atoms with E-state index in [1.165, 1.54) is 51.0 Å². The van der Waals surface area contributed by atoms with E-state index in [-0.39, 0.29) is 0 Å². The summed E-state index contributed by atoms with van der Waals surface area (Å²) in [6.07, 6.45) is 11.7. The van der Waals surface area contributed by atoms with Crippen molar-refractivity contribution in [1.29, 1.82) is 0 Å². The standard InChI is InChI=1S/C21H34F2/c1-4-9-17(3)11-6-12-18(10-5-2)13-7-14-19-15-8-16-20(22)21(19)23/h8,15-18H,4-7,9-14H2,1-3H3. The Bertz CT molecular complexity index is 428. The molecule has 0 radical (unpaired) electrons. The van der Waals surface area contributed by atoms with Crippen LogP contribution in [0.4, 0.5) is 8.78 Å². The quantitative estimate of drug-likeness (QED) is 0.378. The van der Waals surface area contributed by atoms with Gasteiger partial charge in [0.2, 0.25) is 0 Å². The molecule has 0 nitrogen and oxygen atoms in total. The molecule has 2 atom stereocenters. The van der Waals surface area contributed by atoms with Gasteiger partial charge < -0.3 is 0 Å². The molecule has 23 heavy (non-hydrogen) atoms. The zero-order valence-electron chi connectivity index (χ0n) is 15.2. The Labute approximate surface area is 141 Å². The van der Waals surface area contributed by atoms with Gasteiger partial charge in [-0.1, -0.05) is 84.3 Å². The van der Waals surface area contributed by atoms with Crippen molar-refractivity contribution in [2.75, 3.05) is 0 Å². The summed E-state index contributed by atoms with van der Waals surface area (Å²) in [5.74, 6) is 0.194. The summed E-state index contributed by atoms with van der Waals surface area (Å²) in [5, 5.41) is 0. The lowest BCUT2D eigenvalue weighted by Gasteiger charge is -2.17. The first-order chi connectivity index (χ1) is 11.1. The maximum Gasteiger partial charge on any atom is 0.162 e. The molecule has 2 unspecified atom stereocenters. The molecule has 1 aromatic rings. The second kappa shape index (κ2) is 11.6. The Morgan fingerprint density at radius 1 is 0.870 bits per heavy atom. The Hall–Kier alpha value is -0.920. The molecule has 132 valence electrons. The highest BCUT2D eigenvalue weighted by atomic mass is 19.2. The smallest absolute Gasteiger partial charge is 0.162 e. The average Bonchev–Trinajstić information content (AvgIpc) is 2.51. The fourth-order valence-corrected chi connectivity index (χ4v) is 3.56.